The molecule has 1 aliphatic rings. The summed E-state index contributed by atoms with van der Waals surface area (Å²) in [6, 6.07) is 7.79. The van der Waals surface area contributed by atoms with Crippen LogP contribution in [0.1, 0.15) is 17.9 Å². The van der Waals surface area contributed by atoms with Crippen LogP contribution < -0.4 is 10.6 Å². The molecule has 20 heavy (non-hydrogen) atoms. The number of carbonyl (C=O) groups is 1. The number of carboxylic acids is 1. The minimum atomic E-state index is -0.722. The van der Waals surface area contributed by atoms with E-state index in [0.29, 0.717) is 19.5 Å². The van der Waals surface area contributed by atoms with Crippen LogP contribution in [0, 0.1) is 5.92 Å². The van der Waals surface area contributed by atoms with E-state index in [1.54, 1.807) is 0 Å². The molecule has 1 aromatic carbocycles. The van der Waals surface area contributed by atoms with E-state index in [2.05, 4.69) is 10.6 Å². The molecule has 0 saturated carbocycles. The van der Waals surface area contributed by atoms with Crippen LogP contribution in [-0.2, 0) is 4.79 Å². The quantitative estimate of drug-likeness (QED) is 0.659. The van der Waals surface area contributed by atoms with Gasteiger partial charge in [-0.1, -0.05) is 12.1 Å². The lowest BCUT2D eigenvalue weighted by Gasteiger charge is -2.29. The van der Waals surface area contributed by atoms with E-state index in [0.717, 1.165) is 17.8 Å². The number of piperidine rings is 1. The van der Waals surface area contributed by atoms with Crippen molar-refractivity contribution in [3.63, 3.8) is 0 Å². The Hall–Kier alpha value is -1.30. The van der Waals surface area contributed by atoms with Crippen molar-refractivity contribution in [2.45, 2.75) is 12.3 Å². The second-order valence-electron chi connectivity index (χ2n) is 4.82. The first-order valence-corrected chi connectivity index (χ1v) is 6.60. The smallest absolute Gasteiger partial charge is 0.307 e. The summed E-state index contributed by atoms with van der Waals surface area (Å²) in [5, 5.41) is 24.5. The van der Waals surface area contributed by atoms with Gasteiger partial charge in [0.15, 0.2) is 0 Å². The second-order valence-corrected chi connectivity index (χ2v) is 4.82. The van der Waals surface area contributed by atoms with Crippen molar-refractivity contribution in [2.75, 3.05) is 31.6 Å². The van der Waals surface area contributed by atoms with Gasteiger partial charge in [0.05, 0.1) is 12.5 Å². The molecule has 0 amide bonds. The van der Waals surface area contributed by atoms with E-state index < -0.39 is 5.97 Å². The van der Waals surface area contributed by atoms with Gasteiger partial charge in [0.1, 0.15) is 0 Å². The number of aliphatic carboxylic acids is 1. The summed E-state index contributed by atoms with van der Waals surface area (Å²) >= 11 is 0. The van der Waals surface area contributed by atoms with Crippen LogP contribution in [0.4, 0.5) is 5.69 Å². The first-order valence-electron chi connectivity index (χ1n) is 6.60. The third-order valence-electron chi connectivity index (χ3n) is 3.55. The van der Waals surface area contributed by atoms with Gasteiger partial charge < -0.3 is 20.8 Å². The van der Waals surface area contributed by atoms with Gasteiger partial charge in [-0.3, -0.25) is 4.79 Å². The SMILES string of the molecule is Cl.O=C(O)[C@@H]1CCNC[C@H]1c1cccc(NCCO)c1. The summed E-state index contributed by atoms with van der Waals surface area (Å²) < 4.78 is 0. The van der Waals surface area contributed by atoms with Crippen LogP contribution in [0.2, 0.25) is 0 Å². The molecule has 1 saturated heterocycles. The van der Waals surface area contributed by atoms with Gasteiger partial charge in [-0.15, -0.1) is 12.4 Å². The molecule has 0 unspecified atom stereocenters. The Kier molecular flexibility index (Phi) is 6.78. The number of anilines is 1. The van der Waals surface area contributed by atoms with Gasteiger partial charge >= 0.3 is 5.97 Å². The summed E-state index contributed by atoms with van der Waals surface area (Å²) in [6.45, 7) is 2.03. The number of hydrogen-bond acceptors (Lipinski definition) is 4. The second kappa shape index (κ2) is 8.09. The number of benzene rings is 1. The van der Waals surface area contributed by atoms with Gasteiger partial charge in [-0.2, -0.15) is 0 Å². The van der Waals surface area contributed by atoms with Gasteiger partial charge in [0.25, 0.3) is 0 Å². The Bertz CT molecular complexity index is 442. The van der Waals surface area contributed by atoms with Crippen LogP contribution in [0.15, 0.2) is 24.3 Å². The van der Waals surface area contributed by atoms with Gasteiger partial charge in [0.2, 0.25) is 0 Å². The average molecular weight is 301 g/mol. The molecule has 0 aromatic heterocycles. The predicted octanol–water partition coefficient (Wildman–Crippen LogP) is 1.29. The minimum absolute atomic E-state index is 0. The summed E-state index contributed by atoms with van der Waals surface area (Å²) in [5.41, 5.74) is 1.95. The first kappa shape index (κ1) is 16.8. The molecule has 5 nitrogen and oxygen atoms in total. The number of aliphatic hydroxyl groups is 1. The van der Waals surface area contributed by atoms with Crippen LogP contribution in [0.25, 0.3) is 0 Å². The fourth-order valence-electron chi connectivity index (χ4n) is 2.58. The van der Waals surface area contributed by atoms with E-state index in [9.17, 15) is 9.90 Å². The van der Waals surface area contributed by atoms with Crippen molar-refractivity contribution in [2.24, 2.45) is 5.92 Å². The highest BCUT2D eigenvalue weighted by Gasteiger charge is 2.31. The molecular formula is C14H21ClN2O3. The van der Waals surface area contributed by atoms with Crippen molar-refractivity contribution in [3.05, 3.63) is 29.8 Å². The van der Waals surface area contributed by atoms with E-state index in [-0.39, 0.29) is 30.8 Å². The van der Waals surface area contributed by atoms with Crippen molar-refractivity contribution in [3.8, 4) is 0 Å². The monoisotopic (exact) mass is 300 g/mol. The van der Waals surface area contributed by atoms with E-state index in [4.69, 9.17) is 5.11 Å². The molecule has 0 radical (unpaired) electrons. The highest BCUT2D eigenvalue weighted by atomic mass is 35.5. The molecular weight excluding hydrogens is 280 g/mol. The third-order valence-corrected chi connectivity index (χ3v) is 3.55. The maximum atomic E-state index is 11.3. The molecule has 0 spiro atoms. The fourth-order valence-corrected chi connectivity index (χ4v) is 2.58. The molecule has 1 heterocycles. The average Bonchev–Trinajstić information content (AvgIpc) is 2.45. The zero-order chi connectivity index (χ0) is 13.7. The fraction of sp³-hybridized carbons (Fsp3) is 0.500. The number of hydrogen-bond donors (Lipinski definition) is 4. The number of rotatable bonds is 5. The van der Waals surface area contributed by atoms with Crippen molar-refractivity contribution in [1.82, 2.24) is 5.32 Å². The number of aliphatic hydroxyl groups excluding tert-OH is 1. The Balaban J connectivity index is 0.00000200. The highest BCUT2D eigenvalue weighted by molar-refractivity contribution is 5.85. The van der Waals surface area contributed by atoms with Crippen LogP contribution in [-0.4, -0.2) is 42.4 Å². The van der Waals surface area contributed by atoms with Crippen LogP contribution in [0.3, 0.4) is 0 Å². The lowest BCUT2D eigenvalue weighted by Crippen LogP contribution is -2.38. The largest absolute Gasteiger partial charge is 0.481 e. The van der Waals surface area contributed by atoms with E-state index in [1.165, 1.54) is 0 Å². The Labute approximate surface area is 124 Å². The Morgan fingerprint density at radius 1 is 1.45 bits per heavy atom. The summed E-state index contributed by atoms with van der Waals surface area (Å²) in [7, 11) is 0. The van der Waals surface area contributed by atoms with E-state index >= 15 is 0 Å². The zero-order valence-electron chi connectivity index (χ0n) is 11.2. The normalized spacial score (nSPS) is 21.9. The minimum Gasteiger partial charge on any atom is -0.481 e. The van der Waals surface area contributed by atoms with Crippen molar-refractivity contribution >= 4 is 24.1 Å². The van der Waals surface area contributed by atoms with Crippen LogP contribution in [0.5, 0.6) is 0 Å². The lowest BCUT2D eigenvalue weighted by atomic mass is 9.81. The number of nitrogens with one attached hydrogen (secondary N) is 2. The summed E-state index contributed by atoms with van der Waals surface area (Å²) in [4.78, 5) is 11.3. The van der Waals surface area contributed by atoms with Gasteiger partial charge in [-0.25, -0.2) is 0 Å². The third kappa shape index (κ3) is 4.10. The molecule has 0 aliphatic carbocycles. The molecule has 0 bridgehead atoms. The molecule has 1 aliphatic heterocycles. The highest BCUT2D eigenvalue weighted by Crippen LogP contribution is 2.30. The lowest BCUT2D eigenvalue weighted by molar-refractivity contribution is -0.143. The summed E-state index contributed by atoms with van der Waals surface area (Å²) in [5.74, 6) is -1.04. The number of halogens is 1. The van der Waals surface area contributed by atoms with Crippen molar-refractivity contribution < 1.29 is 15.0 Å². The molecule has 1 aromatic rings. The van der Waals surface area contributed by atoms with Gasteiger partial charge in [-0.05, 0) is 30.7 Å². The van der Waals surface area contributed by atoms with Gasteiger partial charge in [0, 0.05) is 24.7 Å². The standard InChI is InChI=1S/C14H20N2O3.ClH/c17-7-6-16-11-3-1-2-10(8-11)13-9-15-5-4-12(13)14(18)19;/h1-3,8,12-13,15-17H,4-7,9H2,(H,18,19);1H/t12-,13+;/m1./s1. The maximum Gasteiger partial charge on any atom is 0.307 e. The zero-order valence-corrected chi connectivity index (χ0v) is 12.0. The molecule has 4 N–H and O–H groups in total. The Morgan fingerprint density at radius 2 is 2.25 bits per heavy atom. The first-order chi connectivity index (χ1) is 9.22. The maximum absolute atomic E-state index is 11.3. The number of carboxylic acid groups (broad SMARTS) is 1. The topological polar surface area (TPSA) is 81.6 Å². The Morgan fingerprint density at radius 3 is 2.95 bits per heavy atom. The van der Waals surface area contributed by atoms with Crippen molar-refractivity contribution in [1.29, 1.82) is 0 Å². The van der Waals surface area contributed by atoms with Crippen LogP contribution >= 0.6 is 12.4 Å². The molecule has 1 fully saturated rings. The van der Waals surface area contributed by atoms with E-state index in [1.807, 2.05) is 24.3 Å². The molecule has 6 heteroatoms. The molecule has 112 valence electrons. The predicted molar refractivity (Wildman–Crippen MR) is 80.6 cm³/mol. The molecule has 2 atom stereocenters. The summed E-state index contributed by atoms with van der Waals surface area (Å²) in [6.07, 6.45) is 0.661. The molecule has 2 rings (SSSR count).